The topological polar surface area (TPSA) is 108 Å². The van der Waals surface area contributed by atoms with Crippen molar-refractivity contribution < 1.29 is 19.2 Å². The smallest absolute Gasteiger partial charge is 0.312 e. The van der Waals surface area contributed by atoms with Crippen molar-refractivity contribution in [1.29, 1.82) is 0 Å². The van der Waals surface area contributed by atoms with Crippen LogP contribution in [-0.4, -0.2) is 33.9 Å². The molecule has 0 spiro atoms. The van der Waals surface area contributed by atoms with Crippen LogP contribution in [0.1, 0.15) is 30.0 Å². The van der Waals surface area contributed by atoms with Gasteiger partial charge < -0.3 is 14.8 Å². The van der Waals surface area contributed by atoms with Crippen molar-refractivity contribution in [3.8, 4) is 11.5 Å². The summed E-state index contributed by atoms with van der Waals surface area (Å²) in [5.74, 6) is 0.282. The Morgan fingerprint density at radius 3 is 2.71 bits per heavy atom. The zero-order valence-electron chi connectivity index (χ0n) is 15.8. The summed E-state index contributed by atoms with van der Waals surface area (Å²) in [6.07, 6.45) is 2.27. The first kappa shape index (κ1) is 19.2. The quantitative estimate of drug-likeness (QED) is 0.494. The lowest BCUT2D eigenvalue weighted by atomic mass is 10.2. The second kappa shape index (κ2) is 7.95. The normalized spacial score (nSPS) is 10.7. The standard InChI is InChI=1S/C19H20N4O5/c1-4-13-17(22-10-6-7-16(28-5-2)18(22)21-13)19(24)20-12-8-9-15(27-3)14(11-12)23(25)26/h6-11H,4-5H2,1-3H3,(H,20,24). The Kier molecular flexibility index (Phi) is 5.44. The molecule has 0 saturated carbocycles. The molecule has 0 atom stereocenters. The Morgan fingerprint density at radius 1 is 1.29 bits per heavy atom. The van der Waals surface area contributed by atoms with E-state index in [1.54, 1.807) is 28.8 Å². The molecule has 3 rings (SSSR count). The predicted molar refractivity (Wildman–Crippen MR) is 103 cm³/mol. The summed E-state index contributed by atoms with van der Waals surface area (Å²) in [6.45, 7) is 4.25. The van der Waals surface area contributed by atoms with Crippen LogP contribution in [0.4, 0.5) is 11.4 Å². The molecule has 3 aromatic rings. The summed E-state index contributed by atoms with van der Waals surface area (Å²) >= 11 is 0. The van der Waals surface area contributed by atoms with Gasteiger partial charge in [0.2, 0.25) is 0 Å². The fourth-order valence-electron chi connectivity index (χ4n) is 2.95. The van der Waals surface area contributed by atoms with E-state index in [1.807, 2.05) is 13.8 Å². The lowest BCUT2D eigenvalue weighted by Gasteiger charge is -2.09. The Bertz CT molecular complexity index is 1040. The highest BCUT2D eigenvalue weighted by molar-refractivity contribution is 6.04. The molecule has 1 amide bonds. The minimum atomic E-state index is -0.561. The number of methoxy groups -OCH3 is 1. The second-order valence-corrected chi connectivity index (χ2v) is 5.86. The van der Waals surface area contributed by atoms with Crippen LogP contribution in [0.3, 0.4) is 0 Å². The van der Waals surface area contributed by atoms with Crippen LogP contribution in [0, 0.1) is 10.1 Å². The fraction of sp³-hybridized carbons (Fsp3) is 0.263. The van der Waals surface area contributed by atoms with E-state index in [4.69, 9.17) is 9.47 Å². The largest absolute Gasteiger partial charge is 0.490 e. The molecular weight excluding hydrogens is 364 g/mol. The monoisotopic (exact) mass is 384 g/mol. The number of hydrogen-bond donors (Lipinski definition) is 1. The number of anilines is 1. The van der Waals surface area contributed by atoms with Gasteiger partial charge >= 0.3 is 5.69 Å². The van der Waals surface area contributed by atoms with Gasteiger partial charge in [-0.3, -0.25) is 19.3 Å². The van der Waals surface area contributed by atoms with Gasteiger partial charge in [0.15, 0.2) is 17.1 Å². The molecule has 2 aromatic heterocycles. The molecule has 0 aliphatic heterocycles. The van der Waals surface area contributed by atoms with Crippen LogP contribution in [0.2, 0.25) is 0 Å². The van der Waals surface area contributed by atoms with E-state index >= 15 is 0 Å². The molecule has 0 unspecified atom stereocenters. The van der Waals surface area contributed by atoms with Gasteiger partial charge in [-0.1, -0.05) is 6.92 Å². The van der Waals surface area contributed by atoms with Crippen LogP contribution >= 0.6 is 0 Å². The Labute approximate surface area is 161 Å². The maximum absolute atomic E-state index is 13.0. The number of aromatic nitrogens is 2. The summed E-state index contributed by atoms with van der Waals surface area (Å²) < 4.78 is 12.2. The van der Waals surface area contributed by atoms with E-state index in [9.17, 15) is 14.9 Å². The molecule has 28 heavy (non-hydrogen) atoms. The van der Waals surface area contributed by atoms with E-state index in [0.29, 0.717) is 35.8 Å². The highest BCUT2D eigenvalue weighted by atomic mass is 16.6. The Morgan fingerprint density at radius 2 is 2.07 bits per heavy atom. The van der Waals surface area contributed by atoms with Crippen LogP contribution in [-0.2, 0) is 6.42 Å². The molecule has 9 heteroatoms. The number of amides is 1. The number of nitrogens with one attached hydrogen (secondary N) is 1. The summed E-state index contributed by atoms with van der Waals surface area (Å²) in [4.78, 5) is 28.1. The molecule has 0 aliphatic rings. The molecule has 0 saturated heterocycles. The molecule has 1 N–H and O–H groups in total. The van der Waals surface area contributed by atoms with Gasteiger partial charge in [0.25, 0.3) is 5.91 Å². The van der Waals surface area contributed by atoms with E-state index in [2.05, 4.69) is 10.3 Å². The van der Waals surface area contributed by atoms with Gasteiger partial charge in [-0.15, -0.1) is 0 Å². The first-order valence-electron chi connectivity index (χ1n) is 8.76. The van der Waals surface area contributed by atoms with Crippen molar-refractivity contribution >= 4 is 22.9 Å². The molecule has 2 heterocycles. The van der Waals surface area contributed by atoms with Crippen LogP contribution in [0.5, 0.6) is 11.5 Å². The number of imidazole rings is 1. The Hall–Kier alpha value is -3.62. The maximum Gasteiger partial charge on any atom is 0.312 e. The third-order valence-electron chi connectivity index (χ3n) is 4.17. The van der Waals surface area contributed by atoms with Crippen LogP contribution in [0.25, 0.3) is 5.65 Å². The van der Waals surface area contributed by atoms with Gasteiger partial charge in [0.05, 0.1) is 24.3 Å². The molecule has 0 radical (unpaired) electrons. The molecule has 0 aliphatic carbocycles. The summed E-state index contributed by atoms with van der Waals surface area (Å²) in [5, 5.41) is 13.9. The van der Waals surface area contributed by atoms with Gasteiger partial charge in [-0.05, 0) is 37.6 Å². The lowest BCUT2D eigenvalue weighted by Crippen LogP contribution is -2.16. The predicted octanol–water partition coefficient (Wildman–Crippen LogP) is 3.46. The van der Waals surface area contributed by atoms with E-state index in [0.717, 1.165) is 0 Å². The third kappa shape index (κ3) is 3.46. The number of nitro benzene ring substituents is 1. The van der Waals surface area contributed by atoms with Crippen molar-refractivity contribution in [3.05, 3.63) is 58.0 Å². The number of fused-ring (bicyclic) bond motifs is 1. The summed E-state index contributed by atoms with van der Waals surface area (Å²) in [5.41, 5.74) is 1.57. The third-order valence-corrected chi connectivity index (χ3v) is 4.17. The van der Waals surface area contributed by atoms with Crippen molar-refractivity contribution in [3.63, 3.8) is 0 Å². The van der Waals surface area contributed by atoms with Gasteiger partial charge in [-0.2, -0.15) is 0 Å². The number of nitro groups is 1. The van der Waals surface area contributed by atoms with Gasteiger partial charge in [-0.25, -0.2) is 4.98 Å². The average molecular weight is 384 g/mol. The number of hydrogen-bond acceptors (Lipinski definition) is 6. The number of benzene rings is 1. The summed E-state index contributed by atoms with van der Waals surface area (Å²) in [7, 11) is 1.35. The molecule has 1 aromatic carbocycles. The second-order valence-electron chi connectivity index (χ2n) is 5.86. The zero-order chi connectivity index (χ0) is 20.3. The average Bonchev–Trinajstić information content (AvgIpc) is 3.08. The van der Waals surface area contributed by atoms with E-state index in [-0.39, 0.29) is 17.1 Å². The minimum Gasteiger partial charge on any atom is -0.490 e. The van der Waals surface area contributed by atoms with Crippen molar-refractivity contribution in [1.82, 2.24) is 9.38 Å². The van der Waals surface area contributed by atoms with E-state index in [1.165, 1.54) is 19.2 Å². The Balaban J connectivity index is 2.01. The van der Waals surface area contributed by atoms with Crippen molar-refractivity contribution in [2.45, 2.75) is 20.3 Å². The van der Waals surface area contributed by atoms with E-state index < -0.39 is 10.8 Å². The first-order valence-corrected chi connectivity index (χ1v) is 8.76. The summed E-state index contributed by atoms with van der Waals surface area (Å²) in [6, 6.07) is 7.81. The molecule has 0 fully saturated rings. The maximum atomic E-state index is 13.0. The van der Waals surface area contributed by atoms with Gasteiger partial charge in [0.1, 0.15) is 5.69 Å². The highest BCUT2D eigenvalue weighted by Crippen LogP contribution is 2.30. The lowest BCUT2D eigenvalue weighted by molar-refractivity contribution is -0.385. The molecule has 146 valence electrons. The highest BCUT2D eigenvalue weighted by Gasteiger charge is 2.22. The number of pyridine rings is 1. The molecule has 0 bridgehead atoms. The molecule has 9 nitrogen and oxygen atoms in total. The number of nitrogens with zero attached hydrogens (tertiary/aromatic N) is 3. The first-order chi connectivity index (χ1) is 13.5. The number of aryl methyl sites for hydroxylation is 1. The van der Waals surface area contributed by atoms with Crippen molar-refractivity contribution in [2.24, 2.45) is 0 Å². The number of rotatable bonds is 7. The van der Waals surface area contributed by atoms with Crippen LogP contribution < -0.4 is 14.8 Å². The zero-order valence-corrected chi connectivity index (χ0v) is 15.8. The SMILES string of the molecule is CCOc1cccn2c(C(=O)Nc3ccc(OC)c([N+](=O)[O-])c3)c(CC)nc12. The fourth-order valence-corrected chi connectivity index (χ4v) is 2.95. The van der Waals surface area contributed by atoms with Gasteiger partial charge in [0, 0.05) is 18.0 Å². The minimum absolute atomic E-state index is 0.119. The van der Waals surface area contributed by atoms with Crippen molar-refractivity contribution in [2.75, 3.05) is 19.0 Å². The van der Waals surface area contributed by atoms with Crippen LogP contribution in [0.15, 0.2) is 36.5 Å². The number of carbonyl (C=O) groups is 1. The molecular formula is C19H20N4O5. The number of ether oxygens (including phenoxy) is 2. The number of carbonyl (C=O) groups excluding carboxylic acids is 1.